The lowest BCUT2D eigenvalue weighted by molar-refractivity contribution is 0.0697. The Morgan fingerprint density at radius 2 is 2.18 bits per heavy atom. The van der Waals surface area contributed by atoms with Crippen molar-refractivity contribution in [2.24, 2.45) is 0 Å². The van der Waals surface area contributed by atoms with Crippen LogP contribution >= 0.6 is 27.3 Å². The van der Waals surface area contributed by atoms with Crippen molar-refractivity contribution < 1.29 is 14.6 Å². The Kier molecular flexibility index (Phi) is 3.49. The van der Waals surface area contributed by atoms with Crippen molar-refractivity contribution in [1.29, 1.82) is 0 Å². The van der Waals surface area contributed by atoms with Gasteiger partial charge < -0.3 is 9.84 Å². The molecular weight excluding hydrogens is 304 g/mol. The third kappa shape index (κ3) is 2.35. The summed E-state index contributed by atoms with van der Waals surface area (Å²) in [5, 5.41) is 10.9. The van der Waals surface area contributed by atoms with Gasteiger partial charge in [-0.3, -0.25) is 0 Å². The summed E-state index contributed by atoms with van der Waals surface area (Å²) in [6.45, 7) is 0. The molecule has 0 aliphatic carbocycles. The van der Waals surface area contributed by atoms with E-state index in [2.05, 4.69) is 15.9 Å². The van der Waals surface area contributed by atoms with Gasteiger partial charge >= 0.3 is 5.97 Å². The van der Waals surface area contributed by atoms with Gasteiger partial charge in [0.25, 0.3) is 0 Å². The van der Waals surface area contributed by atoms with Crippen LogP contribution in [0.1, 0.15) is 10.4 Å². The Labute approximate surface area is 111 Å². The largest absolute Gasteiger partial charge is 0.496 e. The summed E-state index contributed by atoms with van der Waals surface area (Å²) in [6, 6.07) is 6.75. The number of aromatic carboxylic acids is 1. The van der Waals surface area contributed by atoms with E-state index in [0.29, 0.717) is 5.75 Å². The SMILES string of the molecule is COc1ccc(C(=O)O)cc1-c1sccc1Br. The summed E-state index contributed by atoms with van der Waals surface area (Å²) >= 11 is 4.97. The molecule has 17 heavy (non-hydrogen) atoms. The van der Waals surface area contributed by atoms with Crippen LogP contribution in [-0.2, 0) is 0 Å². The van der Waals surface area contributed by atoms with Crippen LogP contribution in [0.15, 0.2) is 34.1 Å². The molecule has 0 spiro atoms. The Bertz CT molecular complexity index is 563. The molecule has 1 aromatic carbocycles. The Balaban J connectivity index is 2.61. The molecule has 0 unspecified atom stereocenters. The zero-order valence-electron chi connectivity index (χ0n) is 8.94. The minimum Gasteiger partial charge on any atom is -0.496 e. The van der Waals surface area contributed by atoms with Crippen molar-refractivity contribution in [3.8, 4) is 16.2 Å². The molecule has 0 atom stereocenters. The quantitative estimate of drug-likeness (QED) is 0.935. The second-order valence-corrected chi connectivity index (χ2v) is 5.09. The number of hydrogen-bond donors (Lipinski definition) is 1. The molecule has 0 fully saturated rings. The number of carboxylic acid groups (broad SMARTS) is 1. The van der Waals surface area contributed by atoms with Gasteiger partial charge in [-0.05, 0) is 45.6 Å². The maximum Gasteiger partial charge on any atom is 0.335 e. The summed E-state index contributed by atoms with van der Waals surface area (Å²) in [4.78, 5) is 11.9. The minimum atomic E-state index is -0.943. The molecule has 1 aromatic heterocycles. The topological polar surface area (TPSA) is 46.5 Å². The van der Waals surface area contributed by atoms with Crippen molar-refractivity contribution in [2.75, 3.05) is 7.11 Å². The van der Waals surface area contributed by atoms with Gasteiger partial charge in [-0.25, -0.2) is 4.79 Å². The van der Waals surface area contributed by atoms with Gasteiger partial charge in [-0.1, -0.05) is 0 Å². The van der Waals surface area contributed by atoms with Crippen molar-refractivity contribution in [2.45, 2.75) is 0 Å². The van der Waals surface area contributed by atoms with Crippen molar-refractivity contribution >= 4 is 33.2 Å². The summed E-state index contributed by atoms with van der Waals surface area (Å²) in [5.74, 6) is -0.278. The maximum atomic E-state index is 11.0. The molecule has 5 heteroatoms. The fourth-order valence-electron chi connectivity index (χ4n) is 1.50. The molecule has 1 heterocycles. The lowest BCUT2D eigenvalue weighted by atomic mass is 10.1. The lowest BCUT2D eigenvalue weighted by Gasteiger charge is -2.08. The fraction of sp³-hybridized carbons (Fsp3) is 0.0833. The highest BCUT2D eigenvalue weighted by molar-refractivity contribution is 9.10. The summed E-state index contributed by atoms with van der Waals surface area (Å²) in [5.41, 5.74) is 1.04. The highest BCUT2D eigenvalue weighted by Crippen LogP contribution is 2.39. The van der Waals surface area contributed by atoms with Gasteiger partial charge in [0.2, 0.25) is 0 Å². The molecule has 1 N–H and O–H groups in total. The predicted molar refractivity (Wildman–Crippen MR) is 71.0 cm³/mol. The van der Waals surface area contributed by atoms with Crippen LogP contribution in [0, 0.1) is 0 Å². The third-order valence-electron chi connectivity index (χ3n) is 2.31. The molecular formula is C12H9BrO3S. The number of carbonyl (C=O) groups is 1. The molecule has 0 saturated heterocycles. The standard InChI is InChI=1S/C12H9BrO3S/c1-16-10-3-2-7(12(14)15)6-8(10)11-9(13)4-5-17-11/h2-6H,1H3,(H,14,15). The van der Waals surface area contributed by atoms with Crippen molar-refractivity contribution in [1.82, 2.24) is 0 Å². The second kappa shape index (κ2) is 4.89. The Hall–Kier alpha value is -1.33. The average molecular weight is 313 g/mol. The third-order valence-corrected chi connectivity index (χ3v) is 4.18. The highest BCUT2D eigenvalue weighted by atomic mass is 79.9. The molecule has 0 saturated carbocycles. The van der Waals surface area contributed by atoms with Crippen LogP contribution in [0.5, 0.6) is 5.75 Å². The van der Waals surface area contributed by atoms with Gasteiger partial charge in [0.05, 0.1) is 17.6 Å². The van der Waals surface area contributed by atoms with E-state index in [4.69, 9.17) is 9.84 Å². The first-order chi connectivity index (χ1) is 8.13. The Morgan fingerprint density at radius 3 is 2.71 bits per heavy atom. The van der Waals surface area contributed by atoms with E-state index >= 15 is 0 Å². The van der Waals surface area contributed by atoms with Crippen LogP contribution in [0.4, 0.5) is 0 Å². The van der Waals surface area contributed by atoms with E-state index in [-0.39, 0.29) is 5.56 Å². The molecule has 88 valence electrons. The van der Waals surface area contributed by atoms with Crippen molar-refractivity contribution in [3.05, 3.63) is 39.7 Å². The number of halogens is 1. The minimum absolute atomic E-state index is 0.251. The molecule has 2 rings (SSSR count). The number of ether oxygens (including phenoxy) is 1. The number of thiophene rings is 1. The molecule has 0 bridgehead atoms. The predicted octanol–water partition coefficient (Wildman–Crippen LogP) is 3.88. The fourth-order valence-corrected chi connectivity index (χ4v) is 3.11. The van der Waals surface area contributed by atoms with Gasteiger partial charge in [-0.15, -0.1) is 11.3 Å². The van der Waals surface area contributed by atoms with Gasteiger partial charge in [-0.2, -0.15) is 0 Å². The first-order valence-electron chi connectivity index (χ1n) is 4.78. The van der Waals surface area contributed by atoms with E-state index in [0.717, 1.165) is 14.9 Å². The molecule has 0 amide bonds. The number of methoxy groups -OCH3 is 1. The molecule has 3 nitrogen and oxygen atoms in total. The molecule has 0 radical (unpaired) electrons. The van der Waals surface area contributed by atoms with E-state index in [1.165, 1.54) is 17.4 Å². The summed E-state index contributed by atoms with van der Waals surface area (Å²) in [6.07, 6.45) is 0. The van der Waals surface area contributed by atoms with Gasteiger partial charge in [0.15, 0.2) is 0 Å². The Morgan fingerprint density at radius 1 is 1.41 bits per heavy atom. The van der Waals surface area contributed by atoms with Crippen LogP contribution in [0.2, 0.25) is 0 Å². The van der Waals surface area contributed by atoms with E-state index in [1.807, 2.05) is 11.4 Å². The highest BCUT2D eigenvalue weighted by Gasteiger charge is 2.13. The number of benzene rings is 1. The van der Waals surface area contributed by atoms with E-state index in [1.54, 1.807) is 19.2 Å². The van der Waals surface area contributed by atoms with Crippen LogP contribution in [-0.4, -0.2) is 18.2 Å². The van der Waals surface area contributed by atoms with Crippen molar-refractivity contribution in [3.63, 3.8) is 0 Å². The summed E-state index contributed by atoms with van der Waals surface area (Å²) < 4.78 is 6.19. The van der Waals surface area contributed by atoms with Gasteiger partial charge in [0, 0.05) is 10.0 Å². The van der Waals surface area contributed by atoms with Gasteiger partial charge in [0.1, 0.15) is 5.75 Å². The zero-order valence-corrected chi connectivity index (χ0v) is 11.3. The number of hydrogen-bond acceptors (Lipinski definition) is 3. The van der Waals surface area contributed by atoms with Crippen LogP contribution < -0.4 is 4.74 Å². The summed E-state index contributed by atoms with van der Waals surface area (Å²) in [7, 11) is 1.57. The normalized spacial score (nSPS) is 10.2. The molecule has 0 aliphatic rings. The first-order valence-corrected chi connectivity index (χ1v) is 6.45. The zero-order chi connectivity index (χ0) is 12.4. The van der Waals surface area contributed by atoms with Crippen LogP contribution in [0.3, 0.4) is 0 Å². The monoisotopic (exact) mass is 312 g/mol. The van der Waals surface area contributed by atoms with Crippen LogP contribution in [0.25, 0.3) is 10.4 Å². The molecule has 2 aromatic rings. The first kappa shape index (κ1) is 12.1. The smallest absolute Gasteiger partial charge is 0.335 e. The van der Waals surface area contributed by atoms with E-state index < -0.39 is 5.97 Å². The average Bonchev–Trinajstić information content (AvgIpc) is 2.74. The number of rotatable bonds is 3. The molecule has 0 aliphatic heterocycles. The number of carboxylic acids is 1. The maximum absolute atomic E-state index is 11.0. The van der Waals surface area contributed by atoms with E-state index in [9.17, 15) is 4.79 Å². The second-order valence-electron chi connectivity index (χ2n) is 3.32. The lowest BCUT2D eigenvalue weighted by Crippen LogP contribution is -1.97.